The normalized spacial score (nSPS) is 28.1. The van der Waals surface area contributed by atoms with Crippen LogP contribution in [0.5, 0.6) is 0 Å². The van der Waals surface area contributed by atoms with E-state index in [9.17, 15) is 9.90 Å². The summed E-state index contributed by atoms with van der Waals surface area (Å²) in [6.45, 7) is 6.77. The second-order valence-electron chi connectivity index (χ2n) is 6.53. The second kappa shape index (κ2) is 7.41. The molecular weight excluding hydrogens is 252 g/mol. The van der Waals surface area contributed by atoms with Crippen LogP contribution >= 0.6 is 0 Å². The summed E-state index contributed by atoms with van der Waals surface area (Å²) in [4.78, 5) is 17.0. The SMILES string of the molecule is CC(O)CC1CCCCCN1C(C)C(=O)N1CCCC1. The number of amides is 1. The van der Waals surface area contributed by atoms with Crippen molar-refractivity contribution in [2.75, 3.05) is 19.6 Å². The Morgan fingerprint density at radius 2 is 1.75 bits per heavy atom. The Hall–Kier alpha value is -0.610. The molecular formula is C16H30N2O2. The molecule has 2 aliphatic rings. The third kappa shape index (κ3) is 3.95. The Bertz CT molecular complexity index is 314. The van der Waals surface area contributed by atoms with Crippen LogP contribution in [0.15, 0.2) is 0 Å². The molecule has 20 heavy (non-hydrogen) atoms. The van der Waals surface area contributed by atoms with Gasteiger partial charge in [-0.25, -0.2) is 0 Å². The first-order valence-electron chi connectivity index (χ1n) is 8.32. The van der Waals surface area contributed by atoms with Crippen LogP contribution < -0.4 is 0 Å². The molecule has 2 saturated heterocycles. The lowest BCUT2D eigenvalue weighted by Gasteiger charge is -2.36. The van der Waals surface area contributed by atoms with Gasteiger partial charge in [-0.3, -0.25) is 9.69 Å². The highest BCUT2D eigenvalue weighted by molar-refractivity contribution is 5.81. The van der Waals surface area contributed by atoms with Crippen molar-refractivity contribution in [2.45, 2.75) is 77.0 Å². The molecule has 116 valence electrons. The minimum atomic E-state index is -0.283. The van der Waals surface area contributed by atoms with E-state index in [0.29, 0.717) is 11.9 Å². The maximum absolute atomic E-state index is 12.6. The van der Waals surface area contributed by atoms with Gasteiger partial charge in [-0.2, -0.15) is 0 Å². The highest BCUT2D eigenvalue weighted by Gasteiger charge is 2.32. The lowest BCUT2D eigenvalue weighted by molar-refractivity contribution is -0.136. The van der Waals surface area contributed by atoms with Crippen LogP contribution in [-0.2, 0) is 4.79 Å². The van der Waals surface area contributed by atoms with E-state index in [4.69, 9.17) is 0 Å². The summed E-state index contributed by atoms with van der Waals surface area (Å²) in [5, 5.41) is 9.72. The average Bonchev–Trinajstić information content (AvgIpc) is 2.85. The zero-order valence-corrected chi connectivity index (χ0v) is 13.1. The van der Waals surface area contributed by atoms with E-state index in [0.717, 1.165) is 45.3 Å². The van der Waals surface area contributed by atoms with Crippen LogP contribution in [-0.4, -0.2) is 58.6 Å². The number of aliphatic hydroxyl groups excluding tert-OH is 1. The zero-order chi connectivity index (χ0) is 14.5. The molecule has 2 rings (SSSR count). The Kier molecular flexibility index (Phi) is 5.85. The van der Waals surface area contributed by atoms with Crippen molar-refractivity contribution in [3.05, 3.63) is 0 Å². The van der Waals surface area contributed by atoms with Crippen LogP contribution in [0.2, 0.25) is 0 Å². The summed E-state index contributed by atoms with van der Waals surface area (Å²) in [5.74, 6) is 0.292. The van der Waals surface area contributed by atoms with Gasteiger partial charge in [0, 0.05) is 19.1 Å². The molecule has 1 amide bonds. The molecule has 2 aliphatic heterocycles. The lowest BCUT2D eigenvalue weighted by Crippen LogP contribution is -2.51. The Balaban J connectivity index is 2.02. The number of hydrogen-bond acceptors (Lipinski definition) is 3. The summed E-state index contributed by atoms with van der Waals surface area (Å²) < 4.78 is 0. The van der Waals surface area contributed by atoms with E-state index in [1.807, 2.05) is 11.8 Å². The standard InChI is InChI=1S/C16H30N2O2/c1-13(19)12-15-8-4-3-5-11-18(15)14(2)16(20)17-9-6-7-10-17/h13-15,19H,3-12H2,1-2H3. The molecule has 0 spiro atoms. The van der Waals surface area contributed by atoms with Gasteiger partial charge in [0.1, 0.15) is 0 Å². The maximum atomic E-state index is 12.6. The first-order chi connectivity index (χ1) is 9.59. The van der Waals surface area contributed by atoms with Crippen LogP contribution in [0.1, 0.15) is 58.8 Å². The predicted molar refractivity (Wildman–Crippen MR) is 80.5 cm³/mol. The fourth-order valence-corrected chi connectivity index (χ4v) is 3.70. The maximum Gasteiger partial charge on any atom is 0.239 e. The summed E-state index contributed by atoms with van der Waals surface area (Å²) >= 11 is 0. The van der Waals surface area contributed by atoms with E-state index >= 15 is 0 Å². The lowest BCUT2D eigenvalue weighted by atomic mass is 10.0. The largest absolute Gasteiger partial charge is 0.393 e. The van der Waals surface area contributed by atoms with Gasteiger partial charge in [-0.05, 0) is 52.5 Å². The topological polar surface area (TPSA) is 43.8 Å². The monoisotopic (exact) mass is 282 g/mol. The van der Waals surface area contributed by atoms with Gasteiger partial charge in [-0.15, -0.1) is 0 Å². The van der Waals surface area contributed by atoms with Crippen molar-refractivity contribution in [2.24, 2.45) is 0 Å². The first kappa shape index (κ1) is 15.8. The number of nitrogens with zero attached hydrogens (tertiary/aromatic N) is 2. The molecule has 3 atom stereocenters. The molecule has 0 bridgehead atoms. The summed E-state index contributed by atoms with van der Waals surface area (Å²) in [6.07, 6.45) is 7.56. The fraction of sp³-hybridized carbons (Fsp3) is 0.938. The van der Waals surface area contributed by atoms with Gasteiger partial charge < -0.3 is 10.0 Å². The Morgan fingerprint density at radius 1 is 1.10 bits per heavy atom. The Labute approximate surface area is 123 Å². The summed E-state index contributed by atoms with van der Waals surface area (Å²) in [6, 6.07) is 0.328. The van der Waals surface area contributed by atoms with E-state index in [-0.39, 0.29) is 12.1 Å². The molecule has 0 aromatic carbocycles. The molecule has 0 aliphatic carbocycles. The number of rotatable bonds is 4. The molecule has 0 aromatic heterocycles. The van der Waals surface area contributed by atoms with E-state index in [1.165, 1.54) is 19.3 Å². The van der Waals surface area contributed by atoms with E-state index in [2.05, 4.69) is 11.8 Å². The second-order valence-corrected chi connectivity index (χ2v) is 6.53. The molecule has 0 saturated carbocycles. The van der Waals surface area contributed by atoms with Crippen molar-refractivity contribution in [1.29, 1.82) is 0 Å². The quantitative estimate of drug-likeness (QED) is 0.858. The van der Waals surface area contributed by atoms with E-state index < -0.39 is 0 Å². The number of carbonyl (C=O) groups excluding carboxylic acids is 1. The van der Waals surface area contributed by atoms with Crippen molar-refractivity contribution >= 4 is 5.91 Å². The van der Waals surface area contributed by atoms with Gasteiger partial charge in [0.05, 0.1) is 12.1 Å². The van der Waals surface area contributed by atoms with E-state index in [1.54, 1.807) is 0 Å². The van der Waals surface area contributed by atoms with Crippen molar-refractivity contribution in [1.82, 2.24) is 9.80 Å². The Morgan fingerprint density at radius 3 is 2.40 bits per heavy atom. The highest BCUT2D eigenvalue weighted by atomic mass is 16.3. The van der Waals surface area contributed by atoms with Crippen LogP contribution in [0.3, 0.4) is 0 Å². The average molecular weight is 282 g/mol. The number of hydrogen-bond donors (Lipinski definition) is 1. The summed E-state index contributed by atoms with van der Waals surface area (Å²) in [5.41, 5.74) is 0. The van der Waals surface area contributed by atoms with Gasteiger partial charge in [0.15, 0.2) is 0 Å². The predicted octanol–water partition coefficient (Wildman–Crippen LogP) is 2.01. The first-order valence-corrected chi connectivity index (χ1v) is 8.32. The molecule has 2 heterocycles. The molecule has 3 unspecified atom stereocenters. The summed E-state index contributed by atoms with van der Waals surface area (Å²) in [7, 11) is 0. The number of aliphatic hydroxyl groups is 1. The molecule has 1 N–H and O–H groups in total. The minimum absolute atomic E-state index is 0.0325. The molecule has 4 heteroatoms. The van der Waals surface area contributed by atoms with Gasteiger partial charge in [0.2, 0.25) is 5.91 Å². The van der Waals surface area contributed by atoms with Crippen LogP contribution in [0.25, 0.3) is 0 Å². The zero-order valence-electron chi connectivity index (χ0n) is 13.1. The van der Waals surface area contributed by atoms with Crippen LogP contribution in [0.4, 0.5) is 0 Å². The van der Waals surface area contributed by atoms with Gasteiger partial charge in [0.25, 0.3) is 0 Å². The number of likely N-dealkylation sites (tertiary alicyclic amines) is 2. The smallest absolute Gasteiger partial charge is 0.239 e. The van der Waals surface area contributed by atoms with Gasteiger partial charge >= 0.3 is 0 Å². The molecule has 0 radical (unpaired) electrons. The van der Waals surface area contributed by atoms with Crippen molar-refractivity contribution in [3.8, 4) is 0 Å². The molecule has 2 fully saturated rings. The third-order valence-corrected chi connectivity index (χ3v) is 4.81. The van der Waals surface area contributed by atoms with Crippen molar-refractivity contribution in [3.63, 3.8) is 0 Å². The molecule has 4 nitrogen and oxygen atoms in total. The number of carbonyl (C=O) groups is 1. The van der Waals surface area contributed by atoms with Gasteiger partial charge in [-0.1, -0.05) is 12.8 Å². The third-order valence-electron chi connectivity index (χ3n) is 4.81. The highest BCUT2D eigenvalue weighted by Crippen LogP contribution is 2.24. The molecule has 0 aromatic rings. The fourth-order valence-electron chi connectivity index (χ4n) is 3.70. The minimum Gasteiger partial charge on any atom is -0.393 e. The van der Waals surface area contributed by atoms with Crippen molar-refractivity contribution < 1.29 is 9.90 Å². The van der Waals surface area contributed by atoms with Crippen LogP contribution in [0, 0.1) is 0 Å².